The van der Waals surface area contributed by atoms with Gasteiger partial charge in [-0.15, -0.1) is 0 Å². The van der Waals surface area contributed by atoms with Crippen molar-refractivity contribution in [2.75, 3.05) is 30.4 Å². The highest BCUT2D eigenvalue weighted by Gasteiger charge is 2.17. The number of thioether (sulfide) groups is 1. The molecule has 1 aromatic carbocycles. The van der Waals surface area contributed by atoms with Gasteiger partial charge in [0.1, 0.15) is 5.75 Å². The van der Waals surface area contributed by atoms with Crippen molar-refractivity contribution in [3.8, 4) is 5.75 Å². The smallest absolute Gasteiger partial charge is 0.251 e. The molecule has 1 unspecified atom stereocenters. The van der Waals surface area contributed by atoms with Crippen LogP contribution in [0.5, 0.6) is 5.75 Å². The number of amides is 1. The number of rotatable bonds is 5. The zero-order valence-electron chi connectivity index (χ0n) is 11.1. The quantitative estimate of drug-likeness (QED) is 0.811. The Morgan fingerprint density at radius 2 is 2.37 bits per heavy atom. The van der Waals surface area contributed by atoms with Gasteiger partial charge in [0.2, 0.25) is 0 Å². The van der Waals surface area contributed by atoms with Gasteiger partial charge in [-0.25, -0.2) is 0 Å². The van der Waals surface area contributed by atoms with Crippen molar-refractivity contribution >= 4 is 23.4 Å². The average molecular weight is 280 g/mol. The topological polar surface area (TPSA) is 64.3 Å². The monoisotopic (exact) mass is 280 g/mol. The second kappa shape index (κ2) is 6.70. The van der Waals surface area contributed by atoms with E-state index < -0.39 is 0 Å². The van der Waals surface area contributed by atoms with Gasteiger partial charge in [-0.1, -0.05) is 0 Å². The van der Waals surface area contributed by atoms with Crippen molar-refractivity contribution < 1.29 is 9.53 Å². The number of nitrogens with two attached hydrogens (primary N) is 1. The maximum absolute atomic E-state index is 12.1. The number of anilines is 1. The maximum atomic E-state index is 12.1. The average Bonchev–Trinajstić information content (AvgIpc) is 2.88. The molecule has 19 heavy (non-hydrogen) atoms. The molecule has 5 heteroatoms. The van der Waals surface area contributed by atoms with Crippen LogP contribution in [0.1, 0.15) is 23.7 Å². The van der Waals surface area contributed by atoms with E-state index in [-0.39, 0.29) is 5.91 Å². The molecular weight excluding hydrogens is 260 g/mol. The van der Waals surface area contributed by atoms with Gasteiger partial charge in [0.25, 0.3) is 5.91 Å². The highest BCUT2D eigenvalue weighted by atomic mass is 32.2. The Morgan fingerprint density at radius 1 is 1.53 bits per heavy atom. The molecule has 1 heterocycles. The van der Waals surface area contributed by atoms with Crippen LogP contribution in [0.4, 0.5) is 5.69 Å². The number of hydrogen-bond donors (Lipinski definition) is 2. The minimum absolute atomic E-state index is 0.0786. The van der Waals surface area contributed by atoms with Crippen LogP contribution in [-0.2, 0) is 0 Å². The Morgan fingerprint density at radius 3 is 3.05 bits per heavy atom. The fraction of sp³-hybridized carbons (Fsp3) is 0.500. The summed E-state index contributed by atoms with van der Waals surface area (Å²) < 4.78 is 5.39. The largest absolute Gasteiger partial charge is 0.494 e. The number of carbonyl (C=O) groups is 1. The summed E-state index contributed by atoms with van der Waals surface area (Å²) in [5.41, 5.74) is 6.90. The molecule has 104 valence electrons. The first kappa shape index (κ1) is 14.1. The molecule has 0 spiro atoms. The van der Waals surface area contributed by atoms with Gasteiger partial charge in [0.15, 0.2) is 0 Å². The summed E-state index contributed by atoms with van der Waals surface area (Å²) in [4.78, 5) is 12.1. The van der Waals surface area contributed by atoms with Gasteiger partial charge in [0.05, 0.1) is 6.61 Å². The third-order valence-corrected chi connectivity index (χ3v) is 4.31. The molecule has 1 aromatic rings. The molecule has 1 atom stereocenters. The van der Waals surface area contributed by atoms with Crippen LogP contribution in [0, 0.1) is 5.92 Å². The summed E-state index contributed by atoms with van der Waals surface area (Å²) in [7, 11) is 0. The molecule has 1 aliphatic rings. The molecule has 0 aromatic heterocycles. The summed E-state index contributed by atoms with van der Waals surface area (Å²) in [6.07, 6.45) is 1.19. The van der Waals surface area contributed by atoms with E-state index in [4.69, 9.17) is 10.5 Å². The molecule has 2 rings (SSSR count). The minimum Gasteiger partial charge on any atom is -0.494 e. The van der Waals surface area contributed by atoms with Crippen LogP contribution in [0.15, 0.2) is 18.2 Å². The number of ether oxygens (including phenoxy) is 1. The lowest BCUT2D eigenvalue weighted by Gasteiger charge is -2.11. The minimum atomic E-state index is -0.0786. The van der Waals surface area contributed by atoms with Crippen LogP contribution < -0.4 is 15.8 Å². The Labute approximate surface area is 118 Å². The predicted molar refractivity (Wildman–Crippen MR) is 79.8 cm³/mol. The lowest BCUT2D eigenvalue weighted by atomic mass is 10.1. The molecular formula is C14H20N2O2S. The first-order valence-corrected chi connectivity index (χ1v) is 7.74. The molecule has 1 aliphatic heterocycles. The molecule has 1 fully saturated rings. The van der Waals surface area contributed by atoms with E-state index in [9.17, 15) is 4.79 Å². The lowest BCUT2D eigenvalue weighted by Crippen LogP contribution is -2.29. The number of nitrogens with one attached hydrogen (secondary N) is 1. The van der Waals surface area contributed by atoms with Crippen molar-refractivity contribution in [2.24, 2.45) is 5.92 Å². The molecule has 0 aliphatic carbocycles. The van der Waals surface area contributed by atoms with Crippen LogP contribution in [0.2, 0.25) is 0 Å². The van der Waals surface area contributed by atoms with Crippen molar-refractivity contribution in [3.63, 3.8) is 0 Å². The summed E-state index contributed by atoms with van der Waals surface area (Å²) in [6, 6.07) is 5.15. The standard InChI is InChI=1S/C14H20N2O2S/c1-2-18-13-6-11(5-12(15)7-13)14(17)16-8-10-3-4-19-9-10/h5-7,10H,2-4,8-9,15H2,1H3,(H,16,17). The Kier molecular flexibility index (Phi) is 4.96. The van der Waals surface area contributed by atoms with Crippen molar-refractivity contribution in [1.82, 2.24) is 5.32 Å². The number of nitrogen functional groups attached to an aromatic ring is 1. The fourth-order valence-corrected chi connectivity index (χ4v) is 3.37. The molecule has 3 N–H and O–H groups in total. The summed E-state index contributed by atoms with van der Waals surface area (Å²) >= 11 is 1.95. The van der Waals surface area contributed by atoms with E-state index in [0.29, 0.717) is 29.5 Å². The summed E-state index contributed by atoms with van der Waals surface area (Å²) in [5, 5.41) is 2.97. The molecule has 0 saturated carbocycles. The summed E-state index contributed by atoms with van der Waals surface area (Å²) in [6.45, 7) is 3.20. The van der Waals surface area contributed by atoms with Crippen LogP contribution in [-0.4, -0.2) is 30.6 Å². The van der Waals surface area contributed by atoms with Gasteiger partial charge in [-0.3, -0.25) is 4.79 Å². The second-order valence-electron chi connectivity index (χ2n) is 4.66. The van der Waals surface area contributed by atoms with E-state index in [0.717, 1.165) is 12.3 Å². The van der Waals surface area contributed by atoms with Crippen molar-refractivity contribution in [2.45, 2.75) is 13.3 Å². The van der Waals surface area contributed by atoms with Gasteiger partial charge in [-0.2, -0.15) is 11.8 Å². The zero-order chi connectivity index (χ0) is 13.7. The van der Waals surface area contributed by atoms with Crippen LogP contribution in [0.3, 0.4) is 0 Å². The zero-order valence-corrected chi connectivity index (χ0v) is 12.0. The van der Waals surface area contributed by atoms with Gasteiger partial charge >= 0.3 is 0 Å². The highest BCUT2D eigenvalue weighted by molar-refractivity contribution is 7.99. The Bertz CT molecular complexity index is 445. The first-order valence-electron chi connectivity index (χ1n) is 6.58. The van der Waals surface area contributed by atoms with E-state index in [2.05, 4.69) is 5.32 Å². The van der Waals surface area contributed by atoms with Crippen LogP contribution in [0.25, 0.3) is 0 Å². The Hall–Kier alpha value is -1.36. The lowest BCUT2D eigenvalue weighted by molar-refractivity contribution is 0.0948. The van der Waals surface area contributed by atoms with Crippen molar-refractivity contribution in [1.29, 1.82) is 0 Å². The highest BCUT2D eigenvalue weighted by Crippen LogP contribution is 2.23. The third-order valence-electron chi connectivity index (χ3n) is 3.08. The van der Waals surface area contributed by atoms with E-state index in [1.807, 2.05) is 18.7 Å². The first-order chi connectivity index (χ1) is 9.19. The second-order valence-corrected chi connectivity index (χ2v) is 5.81. The van der Waals surface area contributed by atoms with E-state index in [1.54, 1.807) is 18.2 Å². The molecule has 1 saturated heterocycles. The van der Waals surface area contributed by atoms with E-state index >= 15 is 0 Å². The molecule has 4 nitrogen and oxygen atoms in total. The molecule has 0 radical (unpaired) electrons. The normalized spacial score (nSPS) is 18.3. The van der Waals surface area contributed by atoms with Gasteiger partial charge < -0.3 is 15.8 Å². The SMILES string of the molecule is CCOc1cc(N)cc(C(=O)NCC2CCSC2)c1. The number of hydrogen-bond acceptors (Lipinski definition) is 4. The predicted octanol–water partition coefficient (Wildman–Crippen LogP) is 2.15. The van der Waals surface area contributed by atoms with Crippen molar-refractivity contribution in [3.05, 3.63) is 23.8 Å². The molecule has 0 bridgehead atoms. The number of benzene rings is 1. The fourth-order valence-electron chi connectivity index (χ4n) is 2.09. The maximum Gasteiger partial charge on any atom is 0.251 e. The third kappa shape index (κ3) is 4.06. The molecule has 1 amide bonds. The van der Waals surface area contributed by atoms with Crippen LogP contribution >= 0.6 is 11.8 Å². The summed E-state index contributed by atoms with van der Waals surface area (Å²) in [5.74, 6) is 3.50. The van der Waals surface area contributed by atoms with E-state index in [1.165, 1.54) is 12.2 Å². The Balaban J connectivity index is 1.97. The van der Waals surface area contributed by atoms with Gasteiger partial charge in [0, 0.05) is 23.9 Å². The number of carbonyl (C=O) groups excluding carboxylic acids is 1. The van der Waals surface area contributed by atoms with Gasteiger partial charge in [-0.05, 0) is 42.9 Å².